The predicted molar refractivity (Wildman–Crippen MR) is 68.1 cm³/mol. The number of aromatic nitrogens is 2. The first-order valence-corrected chi connectivity index (χ1v) is 5.69. The van der Waals surface area contributed by atoms with Crippen molar-refractivity contribution >= 4 is 23.4 Å². The molecular formula is C11H16ClN3O3. The molecule has 0 aromatic carbocycles. The molecule has 0 fully saturated rings. The van der Waals surface area contributed by atoms with Gasteiger partial charge in [0.15, 0.2) is 5.82 Å². The highest BCUT2D eigenvalue weighted by Crippen LogP contribution is 2.27. The van der Waals surface area contributed by atoms with Gasteiger partial charge in [-0.3, -0.25) is 0 Å². The second kappa shape index (κ2) is 5.39. The highest BCUT2D eigenvalue weighted by Gasteiger charge is 2.32. The average molecular weight is 274 g/mol. The van der Waals surface area contributed by atoms with Crippen LogP contribution in [-0.4, -0.2) is 34.2 Å². The van der Waals surface area contributed by atoms with Gasteiger partial charge in [0.2, 0.25) is 0 Å². The van der Waals surface area contributed by atoms with E-state index in [1.165, 1.54) is 13.3 Å². The van der Waals surface area contributed by atoms with Crippen LogP contribution in [0.3, 0.4) is 0 Å². The first-order valence-electron chi connectivity index (χ1n) is 5.31. The van der Waals surface area contributed by atoms with Crippen molar-refractivity contribution < 1.29 is 14.6 Å². The molecule has 18 heavy (non-hydrogen) atoms. The number of carbonyl (C=O) groups is 1. The Labute approximate surface area is 110 Å². The van der Waals surface area contributed by atoms with Crippen LogP contribution in [0.1, 0.15) is 20.8 Å². The molecule has 1 rings (SSSR count). The van der Waals surface area contributed by atoms with Crippen LogP contribution >= 0.6 is 11.6 Å². The summed E-state index contributed by atoms with van der Waals surface area (Å²) < 4.78 is 4.87. The van der Waals surface area contributed by atoms with Crippen molar-refractivity contribution in [3.8, 4) is 6.01 Å². The number of nitrogens with zero attached hydrogens (tertiary/aromatic N) is 2. The Hall–Kier alpha value is -1.56. The molecule has 0 aliphatic rings. The zero-order valence-electron chi connectivity index (χ0n) is 10.7. The molecule has 0 saturated carbocycles. The van der Waals surface area contributed by atoms with Crippen molar-refractivity contribution in [2.24, 2.45) is 5.41 Å². The maximum atomic E-state index is 11.2. The number of nitrogens with one attached hydrogen (secondary N) is 1. The molecular weight excluding hydrogens is 258 g/mol. The third-order valence-corrected chi connectivity index (χ3v) is 2.58. The smallest absolute Gasteiger partial charge is 0.326 e. The fourth-order valence-corrected chi connectivity index (χ4v) is 1.48. The number of carboxylic acid groups (broad SMARTS) is 1. The number of halogens is 1. The molecule has 0 aliphatic heterocycles. The van der Waals surface area contributed by atoms with Crippen molar-refractivity contribution in [1.29, 1.82) is 0 Å². The summed E-state index contributed by atoms with van der Waals surface area (Å²) in [5, 5.41) is 12.2. The molecule has 1 heterocycles. The van der Waals surface area contributed by atoms with Gasteiger partial charge in [-0.25, -0.2) is 9.78 Å². The molecule has 1 aromatic rings. The van der Waals surface area contributed by atoms with Gasteiger partial charge in [-0.1, -0.05) is 32.4 Å². The SMILES string of the molecule is COc1ncc(Cl)c(N[C@@H](C(=O)O)C(C)(C)C)n1. The summed E-state index contributed by atoms with van der Waals surface area (Å²) in [7, 11) is 1.42. The molecule has 1 atom stereocenters. The lowest BCUT2D eigenvalue weighted by molar-refractivity contribution is -0.140. The van der Waals surface area contributed by atoms with Crippen LogP contribution in [0.25, 0.3) is 0 Å². The third kappa shape index (κ3) is 3.46. The van der Waals surface area contributed by atoms with E-state index in [1.54, 1.807) is 0 Å². The van der Waals surface area contributed by atoms with E-state index in [1.807, 2.05) is 20.8 Å². The summed E-state index contributed by atoms with van der Waals surface area (Å²) >= 11 is 5.92. The first kappa shape index (κ1) is 14.5. The van der Waals surface area contributed by atoms with Gasteiger partial charge in [-0.05, 0) is 5.41 Å². The van der Waals surface area contributed by atoms with Crippen LogP contribution < -0.4 is 10.1 Å². The molecule has 1 aromatic heterocycles. The van der Waals surface area contributed by atoms with E-state index in [0.717, 1.165) is 0 Å². The normalized spacial score (nSPS) is 12.9. The Balaban J connectivity index is 3.04. The molecule has 0 radical (unpaired) electrons. The standard InChI is InChI=1S/C11H16ClN3O3/c1-11(2,3)7(9(16)17)14-8-6(12)5-13-10(15-8)18-4/h5,7H,1-4H3,(H,16,17)(H,13,14,15)/t7-/m0/s1. The lowest BCUT2D eigenvalue weighted by atomic mass is 9.87. The van der Waals surface area contributed by atoms with Crippen LogP contribution in [0.2, 0.25) is 5.02 Å². The first-order chi connectivity index (χ1) is 8.25. The van der Waals surface area contributed by atoms with Crippen molar-refractivity contribution in [3.63, 3.8) is 0 Å². The molecule has 0 bridgehead atoms. The molecule has 2 N–H and O–H groups in total. The van der Waals surface area contributed by atoms with E-state index in [2.05, 4.69) is 15.3 Å². The topological polar surface area (TPSA) is 84.3 Å². The van der Waals surface area contributed by atoms with E-state index >= 15 is 0 Å². The summed E-state index contributed by atoms with van der Waals surface area (Å²) in [6.45, 7) is 5.43. The zero-order valence-corrected chi connectivity index (χ0v) is 11.4. The molecule has 6 nitrogen and oxygen atoms in total. The molecule has 0 saturated heterocycles. The van der Waals surface area contributed by atoms with Gasteiger partial charge in [0.1, 0.15) is 11.1 Å². The number of methoxy groups -OCH3 is 1. The van der Waals surface area contributed by atoms with Crippen molar-refractivity contribution in [2.75, 3.05) is 12.4 Å². The number of anilines is 1. The third-order valence-electron chi connectivity index (χ3n) is 2.30. The second-order valence-corrected chi connectivity index (χ2v) is 5.24. The molecule has 0 unspecified atom stereocenters. The minimum atomic E-state index is -0.976. The van der Waals surface area contributed by atoms with E-state index in [-0.39, 0.29) is 16.9 Å². The van der Waals surface area contributed by atoms with Crippen LogP contribution in [0.15, 0.2) is 6.20 Å². The number of ether oxygens (including phenoxy) is 1. The monoisotopic (exact) mass is 273 g/mol. The number of hydrogen-bond donors (Lipinski definition) is 2. The maximum absolute atomic E-state index is 11.2. The molecule has 0 aliphatic carbocycles. The minimum absolute atomic E-state index is 0.125. The summed E-state index contributed by atoms with van der Waals surface area (Å²) in [5.41, 5.74) is -0.493. The van der Waals surface area contributed by atoms with Gasteiger partial charge in [0.05, 0.1) is 13.3 Å². The molecule has 100 valence electrons. The van der Waals surface area contributed by atoms with Gasteiger partial charge >= 0.3 is 12.0 Å². The summed E-state index contributed by atoms with van der Waals surface area (Å²) in [5.74, 6) is -0.734. The van der Waals surface area contributed by atoms with Crippen molar-refractivity contribution in [3.05, 3.63) is 11.2 Å². The Bertz CT molecular complexity index is 446. The Morgan fingerprint density at radius 2 is 2.17 bits per heavy atom. The number of carboxylic acids is 1. The van der Waals surface area contributed by atoms with Gasteiger partial charge < -0.3 is 15.2 Å². The van der Waals surface area contributed by atoms with Crippen LogP contribution in [0.5, 0.6) is 6.01 Å². The Morgan fingerprint density at radius 1 is 1.56 bits per heavy atom. The fraction of sp³-hybridized carbons (Fsp3) is 0.545. The van der Waals surface area contributed by atoms with Gasteiger partial charge in [0.25, 0.3) is 0 Å². The average Bonchev–Trinajstić information content (AvgIpc) is 2.25. The minimum Gasteiger partial charge on any atom is -0.480 e. The number of rotatable bonds is 4. The quantitative estimate of drug-likeness (QED) is 0.873. The van der Waals surface area contributed by atoms with Crippen molar-refractivity contribution in [1.82, 2.24) is 9.97 Å². The Kier molecular flexibility index (Phi) is 4.34. The lowest BCUT2D eigenvalue weighted by Crippen LogP contribution is -2.41. The number of hydrogen-bond acceptors (Lipinski definition) is 5. The molecule has 0 amide bonds. The molecule has 7 heteroatoms. The summed E-state index contributed by atoms with van der Waals surface area (Å²) in [4.78, 5) is 19.0. The maximum Gasteiger partial charge on any atom is 0.326 e. The highest BCUT2D eigenvalue weighted by atomic mass is 35.5. The Morgan fingerprint density at radius 3 is 2.61 bits per heavy atom. The van der Waals surface area contributed by atoms with Gasteiger partial charge in [0, 0.05) is 0 Å². The fourth-order valence-electron chi connectivity index (χ4n) is 1.34. The van der Waals surface area contributed by atoms with Crippen LogP contribution in [0, 0.1) is 5.41 Å². The molecule has 0 spiro atoms. The van der Waals surface area contributed by atoms with E-state index in [9.17, 15) is 9.90 Å². The highest BCUT2D eigenvalue weighted by molar-refractivity contribution is 6.32. The number of aliphatic carboxylic acids is 1. The van der Waals surface area contributed by atoms with Crippen molar-refractivity contribution in [2.45, 2.75) is 26.8 Å². The van der Waals surface area contributed by atoms with Gasteiger partial charge in [-0.2, -0.15) is 4.98 Å². The van der Waals surface area contributed by atoms with E-state index in [4.69, 9.17) is 16.3 Å². The van der Waals surface area contributed by atoms with E-state index in [0.29, 0.717) is 0 Å². The van der Waals surface area contributed by atoms with Gasteiger partial charge in [-0.15, -0.1) is 0 Å². The summed E-state index contributed by atoms with van der Waals surface area (Å²) in [6, 6.07) is -0.699. The summed E-state index contributed by atoms with van der Waals surface area (Å²) in [6.07, 6.45) is 1.36. The van der Waals surface area contributed by atoms with Crippen LogP contribution in [-0.2, 0) is 4.79 Å². The lowest BCUT2D eigenvalue weighted by Gasteiger charge is -2.28. The predicted octanol–water partition coefficient (Wildman–Crippen LogP) is 2.05. The van der Waals surface area contributed by atoms with Crippen LogP contribution in [0.4, 0.5) is 5.82 Å². The largest absolute Gasteiger partial charge is 0.480 e. The second-order valence-electron chi connectivity index (χ2n) is 4.83. The van der Waals surface area contributed by atoms with E-state index < -0.39 is 17.4 Å². The zero-order chi connectivity index (χ0) is 13.9.